The van der Waals surface area contributed by atoms with Gasteiger partial charge in [-0.05, 0) is 102 Å². The van der Waals surface area contributed by atoms with E-state index in [0.29, 0.717) is 36.9 Å². The van der Waals surface area contributed by atoms with E-state index in [4.69, 9.17) is 0 Å². The molecule has 0 aromatic carbocycles. The Bertz CT molecular complexity index is 1100. The topological polar surface area (TPSA) is 98.1 Å². The van der Waals surface area contributed by atoms with Crippen molar-refractivity contribution < 1.29 is 24.9 Å². The second kappa shape index (κ2) is 74.3. The Labute approximate surface area is 505 Å². The highest BCUT2D eigenvalue weighted by Crippen LogP contribution is 2.26. The third-order valence-corrected chi connectivity index (χ3v) is 17.2. The smallest absolute Gasteiger partial charge is 0.132 e. The van der Waals surface area contributed by atoms with Gasteiger partial charge in [0.2, 0.25) is 0 Å². The standard InChI is InChI=1S/C42H83NO3.C21H44.C9H20O2.C2H6/c1-4-6-8-10-15-21-31-41(32-22-16-11-9-7-5-2)33-24-25-35-42(46)34-23-17-13-19-27-37-43(38-28-29-39-44)36-26-18-12-14-20-30-40(3)45;1-4-7-10-12-14-16-19-21(18-9-6-3)20-17-15-13-11-8-5-2;1-4-7(3)6-9(11)8(10)5-2;1-2/h41,44H,4-39H2,1-3H3;21H,4-20H2,1-3H3;7-11H,4-6H2,1-3H3;1-2H3. The maximum Gasteiger partial charge on any atom is 0.132 e. The maximum atomic E-state index is 12.6. The molecule has 0 bridgehead atoms. The molecule has 3 unspecified atom stereocenters. The van der Waals surface area contributed by atoms with E-state index in [9.17, 15) is 24.9 Å². The monoisotopic (exact) mass is 1140 g/mol. The third-order valence-electron chi connectivity index (χ3n) is 17.2. The van der Waals surface area contributed by atoms with Gasteiger partial charge in [-0.15, -0.1) is 0 Å². The van der Waals surface area contributed by atoms with Gasteiger partial charge in [0.25, 0.3) is 0 Å². The third kappa shape index (κ3) is 71.4. The van der Waals surface area contributed by atoms with Gasteiger partial charge in [0.15, 0.2) is 0 Å². The molecule has 3 atom stereocenters. The summed E-state index contributed by atoms with van der Waals surface area (Å²) in [6.07, 6.45) is 65.7. The lowest BCUT2D eigenvalue weighted by Crippen LogP contribution is -2.27. The summed E-state index contributed by atoms with van der Waals surface area (Å²) in [6, 6.07) is 0. The summed E-state index contributed by atoms with van der Waals surface area (Å²) in [5.41, 5.74) is 0. The van der Waals surface area contributed by atoms with Crippen molar-refractivity contribution in [2.45, 2.75) is 422 Å². The van der Waals surface area contributed by atoms with Crippen LogP contribution in [-0.4, -0.2) is 70.2 Å². The summed E-state index contributed by atoms with van der Waals surface area (Å²) in [5, 5.41) is 27.8. The molecule has 0 aromatic rings. The van der Waals surface area contributed by atoms with E-state index in [0.717, 1.165) is 89.3 Å². The second-order valence-electron chi connectivity index (χ2n) is 25.2. The van der Waals surface area contributed by atoms with E-state index >= 15 is 0 Å². The Morgan fingerprint density at radius 2 is 0.637 bits per heavy atom. The van der Waals surface area contributed by atoms with Crippen LogP contribution in [0.15, 0.2) is 0 Å². The average Bonchev–Trinajstić information content (AvgIpc) is 3.46. The van der Waals surface area contributed by atoms with E-state index in [-0.39, 0.29) is 0 Å². The first-order valence-electron chi connectivity index (χ1n) is 36.7. The fourth-order valence-electron chi connectivity index (χ4n) is 11.3. The Morgan fingerprint density at radius 1 is 0.350 bits per heavy atom. The Kier molecular flexibility index (Phi) is 79.5. The molecule has 6 heteroatoms. The van der Waals surface area contributed by atoms with Gasteiger partial charge in [-0.25, -0.2) is 0 Å². The number of Topliss-reactive ketones (excluding diaryl/α,β-unsaturated/α-hetero) is 2. The van der Waals surface area contributed by atoms with Crippen LogP contribution in [0.2, 0.25) is 0 Å². The Morgan fingerprint density at radius 3 is 0.975 bits per heavy atom. The van der Waals surface area contributed by atoms with Crippen LogP contribution in [0.4, 0.5) is 0 Å². The van der Waals surface area contributed by atoms with Crippen LogP contribution < -0.4 is 0 Å². The van der Waals surface area contributed by atoms with Gasteiger partial charge >= 0.3 is 0 Å². The lowest BCUT2D eigenvalue weighted by atomic mass is 9.89. The summed E-state index contributed by atoms with van der Waals surface area (Å²) in [7, 11) is 0. The van der Waals surface area contributed by atoms with Crippen LogP contribution in [-0.2, 0) is 9.59 Å². The summed E-state index contributed by atoms with van der Waals surface area (Å²) < 4.78 is 0. The molecule has 0 radical (unpaired) electrons. The van der Waals surface area contributed by atoms with Gasteiger partial charge in [0.1, 0.15) is 11.6 Å². The molecular formula is C74H153NO5. The van der Waals surface area contributed by atoms with E-state index in [1.165, 1.54) is 263 Å². The van der Waals surface area contributed by atoms with Gasteiger partial charge in [-0.3, -0.25) is 4.79 Å². The van der Waals surface area contributed by atoms with E-state index in [1.807, 2.05) is 20.8 Å². The predicted octanol–water partition coefficient (Wildman–Crippen LogP) is 23.5. The van der Waals surface area contributed by atoms with Gasteiger partial charge in [-0.2, -0.15) is 0 Å². The predicted molar refractivity (Wildman–Crippen MR) is 359 cm³/mol. The minimum atomic E-state index is -0.538. The van der Waals surface area contributed by atoms with Crippen molar-refractivity contribution in [1.29, 1.82) is 0 Å². The van der Waals surface area contributed by atoms with Gasteiger partial charge in [-0.1, -0.05) is 326 Å². The molecule has 0 aliphatic rings. The van der Waals surface area contributed by atoms with Crippen molar-refractivity contribution >= 4 is 11.6 Å². The first-order chi connectivity index (χ1) is 39.0. The summed E-state index contributed by atoms with van der Waals surface area (Å²) >= 11 is 0. The zero-order valence-electron chi connectivity index (χ0n) is 57.1. The fourth-order valence-corrected chi connectivity index (χ4v) is 11.3. The van der Waals surface area contributed by atoms with Crippen LogP contribution in [0.5, 0.6) is 0 Å². The molecular weight excluding hydrogens is 983 g/mol. The molecule has 0 saturated heterocycles. The molecule has 0 rings (SSSR count). The summed E-state index contributed by atoms with van der Waals surface area (Å²) in [5.74, 6) is 3.25. The molecule has 80 heavy (non-hydrogen) atoms. The van der Waals surface area contributed by atoms with Gasteiger partial charge in [0.05, 0.1) is 12.2 Å². The molecule has 0 saturated carbocycles. The highest BCUT2D eigenvalue weighted by Gasteiger charge is 2.16. The first-order valence-corrected chi connectivity index (χ1v) is 36.7. The molecule has 0 heterocycles. The quantitative estimate of drug-likeness (QED) is 0.0525. The number of carbonyl (C=O) groups excluding carboxylic acids is 2. The molecule has 484 valence electrons. The normalized spacial score (nSPS) is 12.5. The highest BCUT2D eigenvalue weighted by atomic mass is 16.3. The fraction of sp³-hybridized carbons (Fsp3) is 0.973. The van der Waals surface area contributed by atoms with Crippen molar-refractivity contribution in [3.63, 3.8) is 0 Å². The number of rotatable bonds is 61. The molecule has 6 nitrogen and oxygen atoms in total. The number of nitrogens with zero attached hydrogens (tertiary/aromatic N) is 1. The summed E-state index contributed by atoms with van der Waals surface area (Å²) in [4.78, 5) is 26.2. The number of hydrogen-bond donors (Lipinski definition) is 3. The molecule has 0 aromatic heterocycles. The van der Waals surface area contributed by atoms with Crippen LogP contribution in [0.3, 0.4) is 0 Å². The largest absolute Gasteiger partial charge is 0.396 e. The SMILES string of the molecule is CC.CCC(C)CC(O)C(O)CC.CCCCCCCCC(CCCC)CCCCCCCC.CCCCCCCCC(CCCCCCCC)CCCCC(=O)CCCCCCCN(CCCCO)CCCCCCCC(C)=O. The zero-order chi connectivity index (χ0) is 60.2. The Hall–Kier alpha value is -0.820. The van der Waals surface area contributed by atoms with Crippen LogP contribution >= 0.6 is 0 Å². The van der Waals surface area contributed by atoms with Gasteiger partial charge in [0, 0.05) is 25.9 Å². The number of hydrogen-bond acceptors (Lipinski definition) is 6. The molecule has 3 N–H and O–H groups in total. The van der Waals surface area contributed by atoms with Crippen LogP contribution in [0, 0.1) is 17.8 Å². The van der Waals surface area contributed by atoms with Gasteiger partial charge < -0.3 is 25.0 Å². The number of ketones is 2. The van der Waals surface area contributed by atoms with Crippen LogP contribution in [0.1, 0.15) is 410 Å². The highest BCUT2D eigenvalue weighted by molar-refractivity contribution is 5.78. The van der Waals surface area contributed by atoms with Crippen molar-refractivity contribution in [1.82, 2.24) is 4.90 Å². The Balaban J connectivity index is -0.000000692. The number of aliphatic hydroxyl groups excluding tert-OH is 3. The van der Waals surface area contributed by atoms with Crippen molar-refractivity contribution in [3.05, 3.63) is 0 Å². The van der Waals surface area contributed by atoms with Crippen LogP contribution in [0.25, 0.3) is 0 Å². The van der Waals surface area contributed by atoms with Crippen molar-refractivity contribution in [2.75, 3.05) is 26.2 Å². The summed E-state index contributed by atoms with van der Waals surface area (Å²) in [6.45, 7) is 27.0. The lowest BCUT2D eigenvalue weighted by Gasteiger charge is -2.22. The number of aliphatic hydroxyl groups is 3. The maximum absolute atomic E-state index is 12.6. The molecule has 0 fully saturated rings. The lowest BCUT2D eigenvalue weighted by molar-refractivity contribution is -0.119. The van der Waals surface area contributed by atoms with Crippen molar-refractivity contribution in [3.8, 4) is 0 Å². The second-order valence-corrected chi connectivity index (χ2v) is 25.2. The minimum absolute atomic E-state index is 0.293. The zero-order valence-corrected chi connectivity index (χ0v) is 57.1. The molecule has 0 aliphatic heterocycles. The number of unbranched alkanes of at least 4 members (excludes halogenated alkanes) is 31. The average molecular weight is 1140 g/mol. The molecule has 0 amide bonds. The van der Waals surface area contributed by atoms with E-state index in [2.05, 4.69) is 53.4 Å². The minimum Gasteiger partial charge on any atom is -0.396 e. The van der Waals surface area contributed by atoms with E-state index in [1.54, 1.807) is 6.92 Å². The molecule has 0 aliphatic carbocycles. The molecule has 0 spiro atoms. The first kappa shape index (κ1) is 85.6. The number of carbonyl (C=O) groups is 2. The van der Waals surface area contributed by atoms with Crippen molar-refractivity contribution in [2.24, 2.45) is 17.8 Å². The van der Waals surface area contributed by atoms with E-state index < -0.39 is 12.2 Å².